The van der Waals surface area contributed by atoms with Gasteiger partial charge in [-0.3, -0.25) is 9.69 Å². The lowest BCUT2D eigenvalue weighted by atomic mass is 10.2. The number of aromatic nitrogens is 2. The summed E-state index contributed by atoms with van der Waals surface area (Å²) in [4.78, 5) is 30.2. The zero-order valence-electron chi connectivity index (χ0n) is 16.5. The van der Waals surface area contributed by atoms with Gasteiger partial charge < -0.3 is 14.7 Å². The van der Waals surface area contributed by atoms with Gasteiger partial charge in [0.25, 0.3) is 0 Å². The molecule has 2 fully saturated rings. The van der Waals surface area contributed by atoms with E-state index < -0.39 is 0 Å². The van der Waals surface area contributed by atoms with Crippen LogP contribution >= 0.6 is 0 Å². The molecule has 1 aromatic heterocycles. The first-order valence-corrected chi connectivity index (χ1v) is 10.0. The highest BCUT2D eigenvalue weighted by Crippen LogP contribution is 2.18. The van der Waals surface area contributed by atoms with Gasteiger partial charge in [-0.2, -0.15) is 0 Å². The van der Waals surface area contributed by atoms with Crippen LogP contribution in [0.3, 0.4) is 0 Å². The van der Waals surface area contributed by atoms with Crippen molar-refractivity contribution in [3.63, 3.8) is 0 Å². The number of carbonyl (C=O) groups is 1. The number of rotatable bonds is 4. The lowest BCUT2D eigenvalue weighted by molar-refractivity contribution is -0.132. The summed E-state index contributed by atoms with van der Waals surface area (Å²) in [6.07, 6.45) is 3.54. The van der Waals surface area contributed by atoms with E-state index >= 15 is 0 Å². The first-order chi connectivity index (χ1) is 13.7. The van der Waals surface area contributed by atoms with Gasteiger partial charge in [-0.25, -0.2) is 9.97 Å². The Kier molecular flexibility index (Phi) is 5.71. The van der Waals surface area contributed by atoms with E-state index in [1.165, 1.54) is 11.3 Å². The number of nitrogens with zero attached hydrogens (tertiary/aromatic N) is 6. The Morgan fingerprint density at radius 2 is 1.57 bits per heavy atom. The van der Waals surface area contributed by atoms with Crippen LogP contribution in [0.15, 0.2) is 42.7 Å². The predicted octanol–water partition coefficient (Wildman–Crippen LogP) is 1.26. The van der Waals surface area contributed by atoms with Gasteiger partial charge in [0.2, 0.25) is 11.9 Å². The largest absolute Gasteiger partial charge is 0.368 e. The second-order valence-electron chi connectivity index (χ2n) is 7.52. The van der Waals surface area contributed by atoms with Crippen molar-refractivity contribution >= 4 is 17.5 Å². The van der Waals surface area contributed by atoms with Gasteiger partial charge in [0.15, 0.2) is 0 Å². The Labute approximate surface area is 166 Å². The van der Waals surface area contributed by atoms with Crippen LogP contribution in [0.5, 0.6) is 0 Å². The summed E-state index contributed by atoms with van der Waals surface area (Å²) in [5.74, 6) is 1.02. The fourth-order valence-electron chi connectivity index (χ4n) is 3.89. The van der Waals surface area contributed by atoms with Gasteiger partial charge in [0.05, 0.1) is 6.54 Å². The summed E-state index contributed by atoms with van der Waals surface area (Å²) in [5.41, 5.74) is 2.53. The third-order valence-electron chi connectivity index (χ3n) is 5.57. The van der Waals surface area contributed by atoms with Crippen LogP contribution in [-0.2, 0) is 4.79 Å². The van der Waals surface area contributed by atoms with E-state index in [0.29, 0.717) is 6.54 Å². The molecular weight excluding hydrogens is 352 g/mol. The topological polar surface area (TPSA) is 55.8 Å². The summed E-state index contributed by atoms with van der Waals surface area (Å²) in [5, 5.41) is 0. The smallest absolute Gasteiger partial charge is 0.236 e. The summed E-state index contributed by atoms with van der Waals surface area (Å²) >= 11 is 0. The second-order valence-corrected chi connectivity index (χ2v) is 7.52. The summed E-state index contributed by atoms with van der Waals surface area (Å²) < 4.78 is 0. The maximum Gasteiger partial charge on any atom is 0.236 e. The van der Waals surface area contributed by atoms with E-state index in [2.05, 4.69) is 55.9 Å². The van der Waals surface area contributed by atoms with Crippen molar-refractivity contribution in [1.29, 1.82) is 0 Å². The van der Waals surface area contributed by atoms with Crippen molar-refractivity contribution in [2.45, 2.75) is 6.92 Å². The van der Waals surface area contributed by atoms with Gasteiger partial charge in [0.1, 0.15) is 0 Å². The third-order valence-corrected chi connectivity index (χ3v) is 5.57. The van der Waals surface area contributed by atoms with Crippen LogP contribution in [0.4, 0.5) is 11.6 Å². The van der Waals surface area contributed by atoms with E-state index in [4.69, 9.17) is 0 Å². The molecule has 1 aromatic carbocycles. The monoisotopic (exact) mass is 380 g/mol. The number of piperazine rings is 2. The van der Waals surface area contributed by atoms with Crippen molar-refractivity contribution < 1.29 is 4.79 Å². The summed E-state index contributed by atoms with van der Waals surface area (Å²) in [7, 11) is 0. The molecule has 0 unspecified atom stereocenters. The quantitative estimate of drug-likeness (QED) is 0.796. The van der Waals surface area contributed by atoms with E-state index in [0.717, 1.165) is 58.3 Å². The number of aryl methyl sites for hydroxylation is 1. The molecule has 7 nitrogen and oxygen atoms in total. The molecule has 3 heterocycles. The second kappa shape index (κ2) is 8.56. The van der Waals surface area contributed by atoms with Crippen LogP contribution in [0, 0.1) is 6.92 Å². The van der Waals surface area contributed by atoms with Gasteiger partial charge in [-0.1, -0.05) is 12.1 Å². The first kappa shape index (κ1) is 18.7. The molecule has 28 heavy (non-hydrogen) atoms. The molecule has 2 aromatic rings. The molecule has 1 amide bonds. The minimum atomic E-state index is 0.244. The molecular formula is C21H28N6O. The molecule has 0 aliphatic carbocycles. The van der Waals surface area contributed by atoms with E-state index in [-0.39, 0.29) is 5.91 Å². The van der Waals surface area contributed by atoms with E-state index in [9.17, 15) is 4.79 Å². The molecule has 2 aliphatic heterocycles. The average Bonchev–Trinajstić information content (AvgIpc) is 2.75. The third kappa shape index (κ3) is 4.42. The Bertz CT molecular complexity index is 782. The maximum absolute atomic E-state index is 12.7. The fraction of sp³-hybridized carbons (Fsp3) is 0.476. The molecule has 4 rings (SSSR count). The Morgan fingerprint density at radius 1 is 0.893 bits per heavy atom. The molecule has 0 saturated carbocycles. The maximum atomic E-state index is 12.7. The van der Waals surface area contributed by atoms with Crippen molar-refractivity contribution in [2.24, 2.45) is 0 Å². The Hall–Kier alpha value is -2.67. The van der Waals surface area contributed by atoms with Crippen molar-refractivity contribution in [1.82, 2.24) is 19.8 Å². The molecule has 0 radical (unpaired) electrons. The van der Waals surface area contributed by atoms with Gasteiger partial charge in [-0.15, -0.1) is 0 Å². The van der Waals surface area contributed by atoms with Crippen LogP contribution in [0.2, 0.25) is 0 Å². The van der Waals surface area contributed by atoms with Gasteiger partial charge in [0, 0.05) is 70.4 Å². The zero-order valence-corrected chi connectivity index (χ0v) is 16.5. The molecule has 7 heteroatoms. The number of amides is 1. The lowest BCUT2D eigenvalue weighted by Crippen LogP contribution is -2.54. The number of hydrogen-bond donors (Lipinski definition) is 0. The summed E-state index contributed by atoms with van der Waals surface area (Å²) in [6, 6.07) is 10.4. The van der Waals surface area contributed by atoms with Crippen molar-refractivity contribution in [3.05, 3.63) is 48.3 Å². The van der Waals surface area contributed by atoms with Gasteiger partial charge in [-0.05, 0) is 30.7 Å². The predicted molar refractivity (Wildman–Crippen MR) is 111 cm³/mol. The van der Waals surface area contributed by atoms with Crippen molar-refractivity contribution in [2.75, 3.05) is 68.7 Å². The molecule has 0 atom stereocenters. The Morgan fingerprint density at radius 3 is 2.25 bits per heavy atom. The number of carbonyl (C=O) groups excluding carboxylic acids is 1. The number of hydrogen-bond acceptors (Lipinski definition) is 6. The number of anilines is 2. The first-order valence-electron chi connectivity index (χ1n) is 10.0. The van der Waals surface area contributed by atoms with E-state index in [1.807, 2.05) is 11.0 Å². The fourth-order valence-corrected chi connectivity index (χ4v) is 3.89. The van der Waals surface area contributed by atoms with E-state index in [1.54, 1.807) is 12.4 Å². The standard InChI is InChI=1S/C21H28N6O/c1-18-4-2-5-19(16-18)25-12-14-26(15-13-25)20(28)17-24-8-10-27(11-9-24)21-22-6-3-7-23-21/h2-7,16H,8-15,17H2,1H3. The average molecular weight is 380 g/mol. The van der Waals surface area contributed by atoms with Crippen LogP contribution < -0.4 is 9.80 Å². The minimum absolute atomic E-state index is 0.244. The van der Waals surface area contributed by atoms with Crippen LogP contribution in [0.1, 0.15) is 5.56 Å². The highest BCUT2D eigenvalue weighted by atomic mass is 16.2. The lowest BCUT2D eigenvalue weighted by Gasteiger charge is -2.38. The Balaban J connectivity index is 1.23. The highest BCUT2D eigenvalue weighted by molar-refractivity contribution is 5.78. The minimum Gasteiger partial charge on any atom is -0.368 e. The normalized spacial score (nSPS) is 18.4. The molecule has 0 bridgehead atoms. The zero-order chi connectivity index (χ0) is 19.3. The van der Waals surface area contributed by atoms with Crippen LogP contribution in [0.25, 0.3) is 0 Å². The summed E-state index contributed by atoms with van der Waals surface area (Å²) in [6.45, 7) is 9.47. The molecule has 148 valence electrons. The molecule has 0 N–H and O–H groups in total. The highest BCUT2D eigenvalue weighted by Gasteiger charge is 2.25. The van der Waals surface area contributed by atoms with Crippen molar-refractivity contribution in [3.8, 4) is 0 Å². The molecule has 2 saturated heterocycles. The molecule has 0 spiro atoms. The van der Waals surface area contributed by atoms with Gasteiger partial charge >= 0.3 is 0 Å². The van der Waals surface area contributed by atoms with Crippen LogP contribution in [-0.4, -0.2) is 84.6 Å². The number of benzene rings is 1. The SMILES string of the molecule is Cc1cccc(N2CCN(C(=O)CN3CCN(c4ncccn4)CC3)CC2)c1. The molecule has 2 aliphatic rings.